The summed E-state index contributed by atoms with van der Waals surface area (Å²) in [5.41, 5.74) is 1.29. The summed E-state index contributed by atoms with van der Waals surface area (Å²) >= 11 is 0. The van der Waals surface area contributed by atoms with Gasteiger partial charge in [0, 0.05) is 0 Å². The Hall–Kier alpha value is -1.04. The van der Waals surface area contributed by atoms with Crippen molar-refractivity contribution in [3.05, 3.63) is 49.1 Å². The highest BCUT2D eigenvalue weighted by molar-refractivity contribution is 5.25. The minimum Gasteiger partial charge on any atom is -0.0991 e. The zero-order valence-corrected chi connectivity index (χ0v) is 8.09. The van der Waals surface area contributed by atoms with Crippen LogP contribution in [-0.2, 0) is 0 Å². The van der Waals surface area contributed by atoms with Gasteiger partial charge >= 0.3 is 0 Å². The lowest BCUT2D eigenvalue weighted by atomic mass is 9.98. The van der Waals surface area contributed by atoms with E-state index in [1.54, 1.807) is 6.08 Å². The molecule has 0 aliphatic carbocycles. The fourth-order valence-corrected chi connectivity index (χ4v) is 0.914. The normalized spacial score (nSPS) is 14.7. The average molecular weight is 162 g/mol. The second kappa shape index (κ2) is 6.66. The zero-order chi connectivity index (χ0) is 9.40. The van der Waals surface area contributed by atoms with Crippen molar-refractivity contribution in [3.63, 3.8) is 0 Å². The van der Waals surface area contributed by atoms with Crippen LogP contribution in [0.5, 0.6) is 0 Å². The van der Waals surface area contributed by atoms with Crippen molar-refractivity contribution < 1.29 is 0 Å². The maximum atomic E-state index is 3.78. The Morgan fingerprint density at radius 1 is 1.33 bits per heavy atom. The summed E-state index contributed by atoms with van der Waals surface area (Å²) in [7, 11) is 0. The standard InChI is InChI=1S/C12H18/c1-5-8-9-10-12(7-3)11(4)6-2/h5,7-11H,1,3,6H2,2,4H3/b9-8-,12-10+. The van der Waals surface area contributed by atoms with Gasteiger partial charge in [-0.25, -0.2) is 0 Å². The van der Waals surface area contributed by atoms with Crippen molar-refractivity contribution in [2.75, 3.05) is 0 Å². The Kier molecular flexibility index (Phi) is 6.08. The van der Waals surface area contributed by atoms with Gasteiger partial charge in [0.05, 0.1) is 0 Å². The van der Waals surface area contributed by atoms with Gasteiger partial charge in [-0.3, -0.25) is 0 Å². The smallest absolute Gasteiger partial charge is 0.0193 e. The average Bonchev–Trinajstić information content (AvgIpc) is 2.11. The van der Waals surface area contributed by atoms with E-state index < -0.39 is 0 Å². The number of rotatable bonds is 5. The van der Waals surface area contributed by atoms with E-state index in [4.69, 9.17) is 0 Å². The minimum atomic E-state index is 0.594. The van der Waals surface area contributed by atoms with Gasteiger partial charge < -0.3 is 0 Å². The maximum absolute atomic E-state index is 3.78. The second-order valence-corrected chi connectivity index (χ2v) is 2.80. The Morgan fingerprint density at radius 2 is 2.00 bits per heavy atom. The van der Waals surface area contributed by atoms with Crippen molar-refractivity contribution >= 4 is 0 Å². The molecule has 0 aromatic heterocycles. The minimum absolute atomic E-state index is 0.594. The highest BCUT2D eigenvalue weighted by Gasteiger charge is 1.99. The summed E-state index contributed by atoms with van der Waals surface area (Å²) in [5, 5.41) is 0. The van der Waals surface area contributed by atoms with E-state index in [2.05, 4.69) is 33.1 Å². The third-order valence-corrected chi connectivity index (χ3v) is 1.95. The molecule has 12 heavy (non-hydrogen) atoms. The predicted octanol–water partition coefficient (Wildman–Crippen LogP) is 3.89. The lowest BCUT2D eigenvalue weighted by molar-refractivity contribution is 0.671. The van der Waals surface area contributed by atoms with E-state index in [0.29, 0.717) is 5.92 Å². The molecule has 0 heterocycles. The summed E-state index contributed by atoms with van der Waals surface area (Å²) < 4.78 is 0. The first-order valence-electron chi connectivity index (χ1n) is 4.38. The molecule has 0 N–H and O–H groups in total. The third-order valence-electron chi connectivity index (χ3n) is 1.95. The van der Waals surface area contributed by atoms with Crippen LogP contribution in [0, 0.1) is 5.92 Å². The molecule has 0 aliphatic heterocycles. The Morgan fingerprint density at radius 3 is 2.42 bits per heavy atom. The van der Waals surface area contributed by atoms with Gasteiger partial charge in [0.2, 0.25) is 0 Å². The molecule has 0 aromatic rings. The van der Waals surface area contributed by atoms with Crippen LogP contribution in [-0.4, -0.2) is 0 Å². The molecule has 0 saturated carbocycles. The predicted molar refractivity (Wildman–Crippen MR) is 57.1 cm³/mol. The van der Waals surface area contributed by atoms with Gasteiger partial charge in [-0.15, -0.1) is 0 Å². The highest BCUT2D eigenvalue weighted by Crippen LogP contribution is 2.14. The van der Waals surface area contributed by atoms with Crippen LogP contribution in [0.25, 0.3) is 0 Å². The van der Waals surface area contributed by atoms with Gasteiger partial charge in [0.25, 0.3) is 0 Å². The Bertz CT molecular complexity index is 194. The van der Waals surface area contributed by atoms with Gasteiger partial charge in [0.15, 0.2) is 0 Å². The van der Waals surface area contributed by atoms with Crippen LogP contribution in [0.2, 0.25) is 0 Å². The zero-order valence-electron chi connectivity index (χ0n) is 8.09. The molecule has 0 rings (SSSR count). The molecule has 0 fully saturated rings. The largest absolute Gasteiger partial charge is 0.0991 e. The van der Waals surface area contributed by atoms with E-state index in [0.717, 1.165) is 6.42 Å². The SMILES string of the molecule is C=C/C=C\C=C(/C=C)C(C)CC. The summed E-state index contributed by atoms with van der Waals surface area (Å²) in [6.07, 6.45) is 10.8. The molecule has 0 amide bonds. The quantitative estimate of drug-likeness (QED) is 0.538. The van der Waals surface area contributed by atoms with Crippen molar-refractivity contribution in [2.45, 2.75) is 20.3 Å². The van der Waals surface area contributed by atoms with Gasteiger partial charge in [0.1, 0.15) is 0 Å². The van der Waals surface area contributed by atoms with Crippen molar-refractivity contribution in [1.29, 1.82) is 0 Å². The van der Waals surface area contributed by atoms with Gasteiger partial charge in [-0.1, -0.05) is 57.4 Å². The van der Waals surface area contributed by atoms with E-state index in [9.17, 15) is 0 Å². The fourth-order valence-electron chi connectivity index (χ4n) is 0.914. The summed E-state index contributed by atoms with van der Waals surface area (Å²) in [6.45, 7) is 11.8. The number of allylic oxidation sites excluding steroid dienone is 6. The van der Waals surface area contributed by atoms with Crippen LogP contribution in [0.4, 0.5) is 0 Å². The topological polar surface area (TPSA) is 0 Å². The molecule has 0 spiro atoms. The first-order chi connectivity index (χ1) is 5.76. The first-order valence-corrected chi connectivity index (χ1v) is 4.38. The third kappa shape index (κ3) is 3.97. The van der Waals surface area contributed by atoms with Crippen LogP contribution in [0.3, 0.4) is 0 Å². The molecule has 0 heteroatoms. The summed E-state index contributed by atoms with van der Waals surface area (Å²) in [5.74, 6) is 0.594. The maximum Gasteiger partial charge on any atom is -0.0193 e. The molecule has 0 saturated heterocycles. The van der Waals surface area contributed by atoms with Crippen LogP contribution in [0.1, 0.15) is 20.3 Å². The van der Waals surface area contributed by atoms with Gasteiger partial charge in [-0.05, 0) is 17.9 Å². The molecule has 0 bridgehead atoms. The van der Waals surface area contributed by atoms with Crippen LogP contribution in [0.15, 0.2) is 49.1 Å². The van der Waals surface area contributed by atoms with Crippen LogP contribution < -0.4 is 0 Å². The van der Waals surface area contributed by atoms with Crippen molar-refractivity contribution in [3.8, 4) is 0 Å². The van der Waals surface area contributed by atoms with Gasteiger partial charge in [-0.2, -0.15) is 0 Å². The molecule has 0 aliphatic rings. The lowest BCUT2D eigenvalue weighted by Crippen LogP contribution is -1.93. The summed E-state index contributed by atoms with van der Waals surface area (Å²) in [4.78, 5) is 0. The molecule has 0 radical (unpaired) electrons. The molecular weight excluding hydrogens is 144 g/mol. The molecular formula is C12H18. The Labute approximate surface area is 76.0 Å². The molecule has 0 nitrogen and oxygen atoms in total. The molecule has 0 aromatic carbocycles. The molecule has 1 atom stereocenters. The van der Waals surface area contributed by atoms with E-state index in [-0.39, 0.29) is 0 Å². The lowest BCUT2D eigenvalue weighted by Gasteiger charge is -2.07. The number of hydrogen-bond acceptors (Lipinski definition) is 0. The molecule has 66 valence electrons. The van der Waals surface area contributed by atoms with Crippen molar-refractivity contribution in [2.24, 2.45) is 5.92 Å². The number of hydrogen-bond donors (Lipinski definition) is 0. The van der Waals surface area contributed by atoms with E-state index in [1.807, 2.05) is 18.2 Å². The Balaban J connectivity index is 4.31. The highest BCUT2D eigenvalue weighted by atomic mass is 14.0. The van der Waals surface area contributed by atoms with Crippen LogP contribution >= 0.6 is 0 Å². The van der Waals surface area contributed by atoms with Crippen molar-refractivity contribution in [1.82, 2.24) is 0 Å². The monoisotopic (exact) mass is 162 g/mol. The molecule has 1 unspecified atom stereocenters. The summed E-state index contributed by atoms with van der Waals surface area (Å²) in [6, 6.07) is 0. The second-order valence-electron chi connectivity index (χ2n) is 2.80. The van der Waals surface area contributed by atoms with E-state index >= 15 is 0 Å². The fraction of sp³-hybridized carbons (Fsp3) is 0.333. The van der Waals surface area contributed by atoms with E-state index in [1.165, 1.54) is 5.57 Å². The first kappa shape index (κ1) is 11.0.